The lowest BCUT2D eigenvalue weighted by Crippen LogP contribution is -2.41. The molecular weight excluding hydrogens is 385 g/mol. The molecule has 0 unspecified atom stereocenters. The van der Waals surface area contributed by atoms with Gasteiger partial charge in [0, 0.05) is 22.9 Å². The number of hydrogen-bond donors (Lipinski definition) is 3. The summed E-state index contributed by atoms with van der Waals surface area (Å²) in [6.45, 7) is 0.999. The van der Waals surface area contributed by atoms with Crippen LogP contribution < -0.4 is 0 Å². The summed E-state index contributed by atoms with van der Waals surface area (Å²) in [5.41, 5.74) is -1.33. The van der Waals surface area contributed by atoms with Crippen LogP contribution in [0.15, 0.2) is 48.8 Å². The monoisotopic (exact) mass is 404 g/mol. The van der Waals surface area contributed by atoms with Gasteiger partial charge in [-0.15, -0.1) is 0 Å². The maximum Gasteiger partial charge on any atom is 0.425 e. The van der Waals surface area contributed by atoms with Gasteiger partial charge in [-0.3, -0.25) is 4.68 Å². The summed E-state index contributed by atoms with van der Waals surface area (Å²) < 4.78 is 43.5. The van der Waals surface area contributed by atoms with E-state index in [9.17, 15) is 28.5 Å². The van der Waals surface area contributed by atoms with E-state index in [1.165, 1.54) is 29.1 Å². The number of halogens is 3. The third kappa shape index (κ3) is 2.78. The van der Waals surface area contributed by atoms with Crippen LogP contribution in [-0.4, -0.2) is 44.5 Å². The van der Waals surface area contributed by atoms with Gasteiger partial charge >= 0.3 is 6.18 Å². The molecule has 0 spiro atoms. The Balaban J connectivity index is 2.00. The molecule has 29 heavy (non-hydrogen) atoms. The Morgan fingerprint density at radius 1 is 1.07 bits per heavy atom. The quantitative estimate of drug-likeness (QED) is 0.624. The molecule has 5 nitrogen and oxygen atoms in total. The lowest BCUT2D eigenvalue weighted by atomic mass is 9.88. The molecule has 0 bridgehead atoms. The molecule has 1 aliphatic carbocycles. The van der Waals surface area contributed by atoms with Gasteiger partial charge in [0.2, 0.25) is 5.60 Å². The van der Waals surface area contributed by atoms with Crippen molar-refractivity contribution in [3.8, 4) is 22.3 Å². The topological polar surface area (TPSA) is 78.5 Å². The van der Waals surface area contributed by atoms with E-state index in [0.717, 1.165) is 0 Å². The van der Waals surface area contributed by atoms with E-state index in [4.69, 9.17) is 0 Å². The molecule has 0 aliphatic heterocycles. The lowest BCUT2D eigenvalue weighted by Gasteiger charge is -2.28. The molecule has 4 rings (SSSR count). The average molecular weight is 404 g/mol. The summed E-state index contributed by atoms with van der Waals surface area (Å²) in [5, 5.41) is 33.8. The second kappa shape index (κ2) is 6.69. The van der Waals surface area contributed by atoms with E-state index < -0.39 is 17.8 Å². The van der Waals surface area contributed by atoms with E-state index in [-0.39, 0.29) is 24.3 Å². The van der Waals surface area contributed by atoms with E-state index in [1.807, 2.05) is 0 Å². The molecule has 3 aromatic rings. The van der Waals surface area contributed by atoms with E-state index >= 15 is 0 Å². The first kappa shape index (κ1) is 19.6. The fraction of sp³-hybridized carbons (Fsp3) is 0.286. The summed E-state index contributed by atoms with van der Waals surface area (Å²) in [4.78, 5) is 0. The number of aryl methyl sites for hydroxylation is 1. The normalized spacial score (nSPS) is 18.2. The molecule has 0 fully saturated rings. The van der Waals surface area contributed by atoms with Gasteiger partial charge in [-0.25, -0.2) is 0 Å². The summed E-state index contributed by atoms with van der Waals surface area (Å²) in [7, 11) is 0. The van der Waals surface area contributed by atoms with Gasteiger partial charge in [-0.2, -0.15) is 18.3 Å². The third-order valence-electron chi connectivity index (χ3n) is 5.38. The molecule has 1 heterocycles. The number of aliphatic hydroxyl groups excluding tert-OH is 2. The number of alkyl halides is 3. The second-order valence-electron chi connectivity index (χ2n) is 7.22. The first-order valence-electron chi connectivity index (χ1n) is 9.02. The Morgan fingerprint density at radius 2 is 1.76 bits per heavy atom. The number of rotatable bonds is 4. The van der Waals surface area contributed by atoms with Gasteiger partial charge in [0.25, 0.3) is 0 Å². The van der Waals surface area contributed by atoms with Crippen molar-refractivity contribution in [3.63, 3.8) is 0 Å². The lowest BCUT2D eigenvalue weighted by molar-refractivity contribution is -0.246. The Hall–Kier alpha value is -2.68. The third-order valence-corrected chi connectivity index (χ3v) is 5.38. The van der Waals surface area contributed by atoms with Crippen LogP contribution in [0.25, 0.3) is 22.3 Å². The maximum absolute atomic E-state index is 14.0. The van der Waals surface area contributed by atoms with Gasteiger partial charge in [0.15, 0.2) is 0 Å². The van der Waals surface area contributed by atoms with Crippen molar-refractivity contribution in [2.24, 2.45) is 0 Å². The molecule has 0 radical (unpaired) electrons. The van der Waals surface area contributed by atoms with Crippen LogP contribution in [0.2, 0.25) is 0 Å². The molecule has 152 valence electrons. The molecule has 0 saturated heterocycles. The zero-order valence-corrected chi connectivity index (χ0v) is 15.5. The summed E-state index contributed by atoms with van der Waals surface area (Å²) >= 11 is 0. The fourth-order valence-electron chi connectivity index (χ4n) is 3.96. The van der Waals surface area contributed by atoms with Crippen molar-refractivity contribution >= 4 is 0 Å². The van der Waals surface area contributed by atoms with Crippen molar-refractivity contribution in [2.45, 2.75) is 24.7 Å². The van der Waals surface area contributed by atoms with Crippen LogP contribution in [0.1, 0.15) is 22.7 Å². The van der Waals surface area contributed by atoms with Gasteiger partial charge in [0.05, 0.1) is 25.5 Å². The van der Waals surface area contributed by atoms with Crippen molar-refractivity contribution in [1.82, 2.24) is 9.78 Å². The molecule has 0 saturated carbocycles. The molecule has 1 aromatic heterocycles. The van der Waals surface area contributed by atoms with Crippen LogP contribution in [0.4, 0.5) is 13.2 Å². The number of aromatic nitrogens is 2. The fourth-order valence-corrected chi connectivity index (χ4v) is 3.96. The Kier molecular flexibility index (Phi) is 4.53. The minimum atomic E-state index is -4.90. The first-order valence-corrected chi connectivity index (χ1v) is 9.02. The minimum absolute atomic E-state index is 0.203. The van der Waals surface area contributed by atoms with E-state index in [2.05, 4.69) is 5.10 Å². The van der Waals surface area contributed by atoms with Gasteiger partial charge in [-0.05, 0) is 23.6 Å². The van der Waals surface area contributed by atoms with Crippen LogP contribution in [0.5, 0.6) is 0 Å². The predicted octanol–water partition coefficient (Wildman–Crippen LogP) is 3.16. The second-order valence-corrected chi connectivity index (χ2v) is 7.22. The zero-order chi connectivity index (χ0) is 21.0. The molecule has 0 amide bonds. The summed E-state index contributed by atoms with van der Waals surface area (Å²) in [6, 6.07) is 8.41. The highest BCUT2D eigenvalue weighted by Gasteiger charge is 2.61. The number of hydrogen-bond acceptors (Lipinski definition) is 4. The van der Waals surface area contributed by atoms with Crippen LogP contribution in [-0.2, 0) is 5.60 Å². The van der Waals surface area contributed by atoms with E-state index in [0.29, 0.717) is 27.8 Å². The molecule has 2 aromatic carbocycles. The van der Waals surface area contributed by atoms with Crippen molar-refractivity contribution < 1.29 is 28.5 Å². The average Bonchev–Trinajstić information content (AvgIpc) is 3.25. The number of fused-ring (bicyclic) bond motifs is 3. The first-order chi connectivity index (χ1) is 13.7. The van der Waals surface area contributed by atoms with Gasteiger partial charge in [-0.1, -0.05) is 42.0 Å². The Morgan fingerprint density at radius 3 is 2.41 bits per heavy atom. The molecule has 3 N–H and O–H groups in total. The van der Waals surface area contributed by atoms with Crippen LogP contribution in [0.3, 0.4) is 0 Å². The van der Waals surface area contributed by atoms with Crippen LogP contribution >= 0.6 is 0 Å². The summed E-state index contributed by atoms with van der Waals surface area (Å²) in [5.74, 6) is 0. The molecule has 1 aliphatic rings. The van der Waals surface area contributed by atoms with Gasteiger partial charge in [0.1, 0.15) is 0 Å². The highest BCUT2D eigenvalue weighted by atomic mass is 19.4. The Bertz CT molecular complexity index is 1070. The highest BCUT2D eigenvalue weighted by molar-refractivity contribution is 5.92. The molecule has 8 heteroatoms. The highest BCUT2D eigenvalue weighted by Crippen LogP contribution is 2.57. The number of benzene rings is 2. The van der Waals surface area contributed by atoms with Crippen molar-refractivity contribution in [2.75, 3.05) is 13.2 Å². The Labute approximate surface area is 164 Å². The standard InChI is InChI=1S/C21H19F3N2O3/c1-12-6-16(13-8-25-26(9-13)14(10-27)11-28)19-15-4-2-3-5-17(15)20(29,18(19)7-12)21(22,23)24/h2-9,14,27-29H,10-11H2,1H3/t20-/m1/s1. The zero-order valence-electron chi connectivity index (χ0n) is 15.5. The van der Waals surface area contributed by atoms with Crippen LogP contribution in [0, 0.1) is 6.92 Å². The number of nitrogens with zero attached hydrogens (tertiary/aromatic N) is 2. The molecule has 1 atom stereocenters. The maximum atomic E-state index is 14.0. The minimum Gasteiger partial charge on any atom is -0.394 e. The predicted molar refractivity (Wildman–Crippen MR) is 100 cm³/mol. The smallest absolute Gasteiger partial charge is 0.394 e. The number of aliphatic hydroxyl groups is 3. The summed E-state index contributed by atoms with van der Waals surface area (Å²) in [6.07, 6.45) is -1.86. The van der Waals surface area contributed by atoms with Crippen molar-refractivity contribution in [1.29, 1.82) is 0 Å². The largest absolute Gasteiger partial charge is 0.425 e. The van der Waals surface area contributed by atoms with Crippen molar-refractivity contribution in [3.05, 3.63) is 65.5 Å². The van der Waals surface area contributed by atoms with Gasteiger partial charge < -0.3 is 15.3 Å². The SMILES string of the molecule is Cc1cc(-c2cnn(C(CO)CO)c2)c2c(c1)[C@@](O)(C(F)(F)F)c1ccccc1-2. The molecular formula is C21H19F3N2O3. The van der Waals surface area contributed by atoms with E-state index in [1.54, 1.807) is 31.3 Å².